The molecule has 2 aromatic rings. The molecule has 0 N–H and O–H groups in total. The summed E-state index contributed by atoms with van der Waals surface area (Å²) in [5.41, 5.74) is 1.83. The van der Waals surface area contributed by atoms with Crippen molar-refractivity contribution in [2.75, 3.05) is 27.3 Å². The van der Waals surface area contributed by atoms with Gasteiger partial charge >= 0.3 is 0 Å². The minimum absolute atomic E-state index is 0.0239. The van der Waals surface area contributed by atoms with Crippen LogP contribution in [-0.4, -0.2) is 67.2 Å². The quantitative estimate of drug-likeness (QED) is 0.573. The van der Waals surface area contributed by atoms with Gasteiger partial charge in [0.2, 0.25) is 0 Å². The van der Waals surface area contributed by atoms with E-state index in [1.165, 1.54) is 0 Å². The maximum absolute atomic E-state index is 12.9. The Balaban J connectivity index is 1.54. The van der Waals surface area contributed by atoms with Crippen molar-refractivity contribution in [2.45, 2.75) is 38.8 Å². The lowest BCUT2D eigenvalue weighted by Gasteiger charge is -2.39. The van der Waals surface area contributed by atoms with Crippen LogP contribution in [0.4, 0.5) is 0 Å². The number of ether oxygens (including phenoxy) is 2. The smallest absolute Gasteiger partial charge is 0.253 e. The fraction of sp³-hybridized carbons (Fsp3) is 0.423. The molecule has 4 rings (SSSR count). The zero-order valence-electron chi connectivity index (χ0n) is 20.0. The van der Waals surface area contributed by atoms with Gasteiger partial charge in [0.05, 0.1) is 26.0 Å². The van der Waals surface area contributed by atoms with Gasteiger partial charge in [-0.05, 0) is 49.2 Å². The van der Waals surface area contributed by atoms with Crippen molar-refractivity contribution in [1.29, 1.82) is 0 Å². The zero-order chi connectivity index (χ0) is 24.5. The number of halogens is 1. The molecule has 1 atom stereocenters. The zero-order valence-corrected chi connectivity index (χ0v) is 20.7. The summed E-state index contributed by atoms with van der Waals surface area (Å²) in [6.45, 7) is 5.28. The number of carbonyl (C=O) groups excluding carboxylic acids is 2. The number of hydrazone groups is 1. The number of carbonyl (C=O) groups is 2. The van der Waals surface area contributed by atoms with Crippen molar-refractivity contribution in [3.63, 3.8) is 0 Å². The van der Waals surface area contributed by atoms with Crippen molar-refractivity contribution in [2.24, 2.45) is 10.5 Å². The molecule has 0 aliphatic carbocycles. The highest BCUT2D eigenvalue weighted by molar-refractivity contribution is 6.30. The van der Waals surface area contributed by atoms with Gasteiger partial charge in [-0.15, -0.1) is 0 Å². The van der Waals surface area contributed by atoms with E-state index >= 15 is 0 Å². The van der Waals surface area contributed by atoms with E-state index in [2.05, 4.69) is 0 Å². The van der Waals surface area contributed by atoms with Crippen LogP contribution in [0.5, 0.6) is 11.5 Å². The van der Waals surface area contributed by atoms with Gasteiger partial charge < -0.3 is 19.2 Å². The number of amides is 1. The predicted octanol–water partition coefficient (Wildman–Crippen LogP) is 4.28. The van der Waals surface area contributed by atoms with Crippen LogP contribution in [0.1, 0.15) is 42.6 Å². The molecule has 1 saturated heterocycles. The molecular formula is C26H30ClN3O4. The molecule has 2 heterocycles. The predicted molar refractivity (Wildman–Crippen MR) is 132 cm³/mol. The fourth-order valence-corrected chi connectivity index (χ4v) is 5.06. The molecule has 0 radical (unpaired) electrons. The first-order valence-electron chi connectivity index (χ1n) is 11.4. The standard InChI is InChI=1S/C26H30ClN3O4/c1-26(2)23(16-31)30(28-24(26)17-8-9-21(33-3)22(15-17)34-4)20-10-12-29(13-11-20)25(32)18-6-5-7-19(27)14-18/h5-9,14-16,20,23H,10-13H2,1-4H3. The molecule has 34 heavy (non-hydrogen) atoms. The van der Waals surface area contributed by atoms with Crippen molar-refractivity contribution in [3.8, 4) is 11.5 Å². The molecule has 1 amide bonds. The first-order chi connectivity index (χ1) is 16.3. The van der Waals surface area contributed by atoms with Gasteiger partial charge in [-0.25, -0.2) is 0 Å². The van der Waals surface area contributed by atoms with E-state index in [1.54, 1.807) is 38.5 Å². The molecule has 180 valence electrons. The maximum Gasteiger partial charge on any atom is 0.253 e. The van der Waals surface area contributed by atoms with Crippen LogP contribution >= 0.6 is 11.6 Å². The molecule has 2 aliphatic rings. The average molecular weight is 484 g/mol. The first-order valence-corrected chi connectivity index (χ1v) is 11.8. The minimum atomic E-state index is -0.491. The van der Waals surface area contributed by atoms with Crippen LogP contribution in [0.15, 0.2) is 47.6 Å². The molecular weight excluding hydrogens is 454 g/mol. The molecule has 7 nitrogen and oxygen atoms in total. The number of hydrogen-bond acceptors (Lipinski definition) is 6. The lowest BCUT2D eigenvalue weighted by atomic mass is 9.78. The van der Waals surface area contributed by atoms with E-state index in [0.29, 0.717) is 35.2 Å². The number of likely N-dealkylation sites (tertiary alicyclic amines) is 1. The Kier molecular flexibility index (Phi) is 6.84. The van der Waals surface area contributed by atoms with E-state index in [9.17, 15) is 9.59 Å². The molecule has 2 aromatic carbocycles. The summed E-state index contributed by atoms with van der Waals surface area (Å²) in [5, 5.41) is 7.45. The summed E-state index contributed by atoms with van der Waals surface area (Å²) in [4.78, 5) is 27.0. The summed E-state index contributed by atoms with van der Waals surface area (Å²) in [5.74, 6) is 1.24. The summed E-state index contributed by atoms with van der Waals surface area (Å²) in [7, 11) is 3.20. The first kappa shape index (κ1) is 24.1. The van der Waals surface area contributed by atoms with E-state index in [1.807, 2.05) is 42.0 Å². The van der Waals surface area contributed by atoms with Gasteiger partial charge in [0.25, 0.3) is 5.91 Å². The number of benzene rings is 2. The summed E-state index contributed by atoms with van der Waals surface area (Å²) in [6.07, 6.45) is 2.45. The van der Waals surface area contributed by atoms with Crippen molar-refractivity contribution in [1.82, 2.24) is 9.91 Å². The average Bonchev–Trinajstić information content (AvgIpc) is 3.13. The molecule has 0 spiro atoms. The molecule has 0 saturated carbocycles. The van der Waals surface area contributed by atoms with Crippen LogP contribution < -0.4 is 9.47 Å². The Morgan fingerprint density at radius 2 is 1.79 bits per heavy atom. The SMILES string of the molecule is COc1ccc(C2=NN(C3CCN(C(=O)c4cccc(Cl)c4)CC3)C(C=O)C2(C)C)cc1OC. The van der Waals surface area contributed by atoms with Crippen molar-refractivity contribution < 1.29 is 19.1 Å². The Hall–Kier alpha value is -3.06. The number of aldehydes is 1. The molecule has 0 bridgehead atoms. The second-order valence-corrected chi connectivity index (χ2v) is 9.67. The monoisotopic (exact) mass is 483 g/mol. The third-order valence-electron chi connectivity index (χ3n) is 6.83. The molecule has 0 aromatic heterocycles. The van der Waals surface area contributed by atoms with E-state index in [4.69, 9.17) is 26.2 Å². The summed E-state index contributed by atoms with van der Waals surface area (Å²) >= 11 is 6.06. The maximum atomic E-state index is 12.9. The molecule has 1 fully saturated rings. The molecule has 8 heteroatoms. The lowest BCUT2D eigenvalue weighted by molar-refractivity contribution is -0.115. The van der Waals surface area contributed by atoms with Gasteiger partial charge in [0.15, 0.2) is 11.5 Å². The number of hydrogen-bond donors (Lipinski definition) is 0. The highest BCUT2D eigenvalue weighted by atomic mass is 35.5. The van der Waals surface area contributed by atoms with Crippen molar-refractivity contribution >= 4 is 29.5 Å². The number of methoxy groups -OCH3 is 2. The number of rotatable bonds is 6. The third kappa shape index (κ3) is 4.37. The van der Waals surface area contributed by atoms with Crippen molar-refractivity contribution in [3.05, 3.63) is 58.6 Å². The Morgan fingerprint density at radius 1 is 1.09 bits per heavy atom. The normalized spacial score (nSPS) is 20.1. The number of nitrogens with zero attached hydrogens (tertiary/aromatic N) is 3. The van der Waals surface area contributed by atoms with Crippen LogP contribution in [0.2, 0.25) is 5.02 Å². The van der Waals surface area contributed by atoms with Crippen LogP contribution in [0, 0.1) is 5.41 Å². The number of piperidine rings is 1. The van der Waals surface area contributed by atoms with Gasteiger partial charge in [0.1, 0.15) is 12.3 Å². The highest BCUT2D eigenvalue weighted by Crippen LogP contribution is 2.40. The topological polar surface area (TPSA) is 71.4 Å². The summed E-state index contributed by atoms with van der Waals surface area (Å²) < 4.78 is 10.8. The van der Waals surface area contributed by atoms with Gasteiger partial charge in [-0.1, -0.05) is 31.5 Å². The highest BCUT2D eigenvalue weighted by Gasteiger charge is 2.47. The Bertz CT molecular complexity index is 1110. The van der Waals surface area contributed by atoms with Crippen LogP contribution in [0.25, 0.3) is 0 Å². The Morgan fingerprint density at radius 3 is 2.41 bits per heavy atom. The largest absolute Gasteiger partial charge is 0.493 e. The second-order valence-electron chi connectivity index (χ2n) is 9.23. The van der Waals surface area contributed by atoms with Crippen LogP contribution in [0.3, 0.4) is 0 Å². The van der Waals surface area contributed by atoms with Gasteiger partial charge in [-0.3, -0.25) is 9.80 Å². The minimum Gasteiger partial charge on any atom is -0.493 e. The molecule has 1 unspecified atom stereocenters. The summed E-state index contributed by atoms with van der Waals surface area (Å²) in [6, 6.07) is 12.4. The van der Waals surface area contributed by atoms with E-state index < -0.39 is 11.5 Å². The third-order valence-corrected chi connectivity index (χ3v) is 7.07. The van der Waals surface area contributed by atoms with Crippen LogP contribution in [-0.2, 0) is 4.79 Å². The second kappa shape index (κ2) is 9.66. The Labute approximate surface area is 205 Å². The van der Waals surface area contributed by atoms with E-state index in [-0.39, 0.29) is 11.9 Å². The fourth-order valence-electron chi connectivity index (χ4n) is 4.87. The molecule has 2 aliphatic heterocycles. The van der Waals surface area contributed by atoms with E-state index in [0.717, 1.165) is 30.4 Å². The van der Waals surface area contributed by atoms with Gasteiger partial charge in [-0.2, -0.15) is 5.10 Å². The lowest BCUT2D eigenvalue weighted by Crippen LogP contribution is -2.50. The van der Waals surface area contributed by atoms with Gasteiger partial charge in [0, 0.05) is 34.7 Å².